The summed E-state index contributed by atoms with van der Waals surface area (Å²) in [7, 11) is 0. The van der Waals surface area contributed by atoms with Crippen LogP contribution in [0.15, 0.2) is 24.3 Å². The lowest BCUT2D eigenvalue weighted by atomic mass is 9.98. The Hall–Kier alpha value is -2.04. The van der Waals surface area contributed by atoms with Gasteiger partial charge >= 0.3 is 12.1 Å². The lowest BCUT2D eigenvalue weighted by molar-refractivity contribution is 0.0211. The van der Waals surface area contributed by atoms with E-state index in [1.807, 2.05) is 6.92 Å². The molecule has 1 aromatic rings. The predicted molar refractivity (Wildman–Crippen MR) is 88.6 cm³/mol. The molecule has 1 amide bonds. The Kier molecular flexibility index (Phi) is 6.91. The number of hydrogen-bond donors (Lipinski definition) is 1. The molecule has 23 heavy (non-hydrogen) atoms. The van der Waals surface area contributed by atoms with Crippen LogP contribution < -0.4 is 5.32 Å². The summed E-state index contributed by atoms with van der Waals surface area (Å²) in [6.07, 6.45) is 6.78. The molecule has 1 saturated carbocycles. The molecule has 0 aromatic heterocycles. The number of esters is 1. The first-order chi connectivity index (χ1) is 11.2. The highest BCUT2D eigenvalue weighted by Crippen LogP contribution is 2.21. The van der Waals surface area contributed by atoms with E-state index in [0.717, 1.165) is 38.5 Å². The second kappa shape index (κ2) is 9.18. The Labute approximate surface area is 137 Å². The van der Waals surface area contributed by atoms with Gasteiger partial charge in [-0.3, -0.25) is 5.32 Å². The summed E-state index contributed by atoms with van der Waals surface area (Å²) < 4.78 is 10.5. The number of amides is 1. The van der Waals surface area contributed by atoms with Crippen LogP contribution in [0.4, 0.5) is 10.5 Å². The van der Waals surface area contributed by atoms with Gasteiger partial charge in [0.25, 0.3) is 0 Å². The van der Waals surface area contributed by atoms with Gasteiger partial charge in [0.2, 0.25) is 0 Å². The summed E-state index contributed by atoms with van der Waals surface area (Å²) in [5.74, 6) is -0.297. The molecule has 2 rings (SSSR count). The second-order valence-electron chi connectivity index (χ2n) is 5.86. The number of ether oxygens (including phenoxy) is 2. The molecule has 0 unspecified atom stereocenters. The van der Waals surface area contributed by atoms with Crippen LogP contribution in [-0.4, -0.2) is 24.8 Å². The molecule has 5 nitrogen and oxygen atoms in total. The standard InChI is InChI=1S/C18H25NO4/c1-2-3-13-22-18(21)19-15-11-9-14(10-12-15)17(20)23-16-7-5-4-6-8-16/h9-12,16H,2-8,13H2,1H3,(H,19,21). The van der Waals surface area contributed by atoms with Gasteiger partial charge in [0, 0.05) is 5.69 Å². The highest BCUT2D eigenvalue weighted by molar-refractivity contribution is 5.91. The van der Waals surface area contributed by atoms with E-state index in [2.05, 4.69) is 5.32 Å². The quantitative estimate of drug-likeness (QED) is 0.618. The Morgan fingerprint density at radius 1 is 1.13 bits per heavy atom. The topological polar surface area (TPSA) is 64.6 Å². The van der Waals surface area contributed by atoms with E-state index in [9.17, 15) is 9.59 Å². The molecule has 0 saturated heterocycles. The number of rotatable bonds is 6. The van der Waals surface area contributed by atoms with Crippen LogP contribution in [0.5, 0.6) is 0 Å². The van der Waals surface area contributed by atoms with Crippen molar-refractivity contribution < 1.29 is 19.1 Å². The van der Waals surface area contributed by atoms with Crippen molar-refractivity contribution in [1.29, 1.82) is 0 Å². The van der Waals surface area contributed by atoms with Crippen molar-refractivity contribution in [3.63, 3.8) is 0 Å². The number of benzene rings is 1. The third-order valence-electron chi connectivity index (χ3n) is 3.92. The monoisotopic (exact) mass is 319 g/mol. The van der Waals surface area contributed by atoms with E-state index in [4.69, 9.17) is 9.47 Å². The zero-order valence-corrected chi connectivity index (χ0v) is 13.7. The van der Waals surface area contributed by atoms with Gasteiger partial charge < -0.3 is 9.47 Å². The normalized spacial score (nSPS) is 15.0. The van der Waals surface area contributed by atoms with Crippen molar-refractivity contribution in [3.8, 4) is 0 Å². The maximum Gasteiger partial charge on any atom is 0.411 e. The summed E-state index contributed by atoms with van der Waals surface area (Å²) in [6.45, 7) is 2.44. The molecule has 0 bridgehead atoms. The molecule has 0 heterocycles. The summed E-state index contributed by atoms with van der Waals surface area (Å²) in [5.41, 5.74) is 1.10. The molecule has 0 aliphatic heterocycles. The van der Waals surface area contributed by atoms with E-state index in [-0.39, 0.29) is 12.1 Å². The SMILES string of the molecule is CCCCOC(=O)Nc1ccc(C(=O)OC2CCCCC2)cc1. The average Bonchev–Trinajstić information content (AvgIpc) is 2.56. The van der Waals surface area contributed by atoms with Gasteiger partial charge in [0.1, 0.15) is 6.10 Å². The van der Waals surface area contributed by atoms with E-state index in [1.54, 1.807) is 24.3 Å². The highest BCUT2D eigenvalue weighted by atomic mass is 16.5. The molecule has 1 aliphatic carbocycles. The van der Waals surface area contributed by atoms with Gasteiger partial charge in [-0.2, -0.15) is 0 Å². The number of carbonyl (C=O) groups excluding carboxylic acids is 2. The number of anilines is 1. The first kappa shape index (κ1) is 17.3. The number of unbranched alkanes of at least 4 members (excludes halogenated alkanes) is 1. The van der Waals surface area contributed by atoms with Gasteiger partial charge in [-0.15, -0.1) is 0 Å². The van der Waals surface area contributed by atoms with E-state index in [1.165, 1.54) is 6.42 Å². The Morgan fingerprint density at radius 3 is 2.48 bits per heavy atom. The van der Waals surface area contributed by atoms with Crippen molar-refractivity contribution in [2.24, 2.45) is 0 Å². The van der Waals surface area contributed by atoms with Crippen LogP contribution in [0, 0.1) is 0 Å². The average molecular weight is 319 g/mol. The molecule has 1 fully saturated rings. The van der Waals surface area contributed by atoms with Crippen LogP contribution in [0.3, 0.4) is 0 Å². The smallest absolute Gasteiger partial charge is 0.411 e. The van der Waals surface area contributed by atoms with Gasteiger partial charge in [-0.05, 0) is 56.4 Å². The number of hydrogen-bond acceptors (Lipinski definition) is 4. The molecule has 0 spiro atoms. The van der Waals surface area contributed by atoms with Crippen LogP contribution in [0.1, 0.15) is 62.2 Å². The maximum atomic E-state index is 12.1. The Balaban J connectivity index is 1.81. The van der Waals surface area contributed by atoms with E-state index < -0.39 is 6.09 Å². The van der Waals surface area contributed by atoms with Crippen LogP contribution >= 0.6 is 0 Å². The largest absolute Gasteiger partial charge is 0.459 e. The highest BCUT2D eigenvalue weighted by Gasteiger charge is 2.18. The Morgan fingerprint density at radius 2 is 1.83 bits per heavy atom. The molecule has 0 radical (unpaired) electrons. The van der Waals surface area contributed by atoms with Crippen molar-refractivity contribution >= 4 is 17.7 Å². The fourth-order valence-electron chi connectivity index (χ4n) is 2.56. The molecule has 126 valence electrons. The van der Waals surface area contributed by atoms with Gasteiger partial charge in [0.15, 0.2) is 0 Å². The fraction of sp³-hybridized carbons (Fsp3) is 0.556. The van der Waals surface area contributed by atoms with Crippen molar-refractivity contribution in [2.45, 2.75) is 58.0 Å². The van der Waals surface area contributed by atoms with Crippen molar-refractivity contribution in [2.75, 3.05) is 11.9 Å². The van der Waals surface area contributed by atoms with Crippen molar-refractivity contribution in [3.05, 3.63) is 29.8 Å². The minimum Gasteiger partial charge on any atom is -0.459 e. The minimum absolute atomic E-state index is 0.0441. The third kappa shape index (κ3) is 5.93. The molecular weight excluding hydrogens is 294 g/mol. The molecule has 5 heteroatoms. The van der Waals surface area contributed by atoms with E-state index >= 15 is 0 Å². The molecule has 0 atom stereocenters. The first-order valence-electron chi connectivity index (χ1n) is 8.44. The Bertz CT molecular complexity index is 506. The first-order valence-corrected chi connectivity index (χ1v) is 8.44. The fourth-order valence-corrected chi connectivity index (χ4v) is 2.56. The van der Waals surface area contributed by atoms with Gasteiger partial charge in [0.05, 0.1) is 12.2 Å². The van der Waals surface area contributed by atoms with Crippen LogP contribution in [-0.2, 0) is 9.47 Å². The summed E-state index contributed by atoms with van der Waals surface area (Å²) in [4.78, 5) is 23.6. The maximum absolute atomic E-state index is 12.1. The number of nitrogens with one attached hydrogen (secondary N) is 1. The van der Waals surface area contributed by atoms with E-state index in [0.29, 0.717) is 17.9 Å². The van der Waals surface area contributed by atoms with Crippen LogP contribution in [0.2, 0.25) is 0 Å². The molecular formula is C18H25NO4. The van der Waals surface area contributed by atoms with Crippen molar-refractivity contribution in [1.82, 2.24) is 0 Å². The third-order valence-corrected chi connectivity index (χ3v) is 3.92. The number of carbonyl (C=O) groups is 2. The zero-order chi connectivity index (χ0) is 16.5. The molecule has 1 N–H and O–H groups in total. The summed E-state index contributed by atoms with van der Waals surface area (Å²) in [5, 5.41) is 2.64. The minimum atomic E-state index is -0.476. The lowest BCUT2D eigenvalue weighted by Crippen LogP contribution is -2.21. The predicted octanol–water partition coefficient (Wildman–Crippen LogP) is 4.52. The van der Waals surface area contributed by atoms with Gasteiger partial charge in [-0.25, -0.2) is 9.59 Å². The molecule has 1 aliphatic rings. The zero-order valence-electron chi connectivity index (χ0n) is 13.7. The summed E-state index contributed by atoms with van der Waals surface area (Å²) >= 11 is 0. The lowest BCUT2D eigenvalue weighted by Gasteiger charge is -2.21. The van der Waals surface area contributed by atoms with Crippen LogP contribution in [0.25, 0.3) is 0 Å². The summed E-state index contributed by atoms with van der Waals surface area (Å²) in [6, 6.07) is 6.68. The molecule has 1 aromatic carbocycles. The second-order valence-corrected chi connectivity index (χ2v) is 5.86. The van der Waals surface area contributed by atoms with Gasteiger partial charge in [-0.1, -0.05) is 19.8 Å².